The Morgan fingerprint density at radius 3 is 1.85 bits per heavy atom. The first-order valence-electron chi connectivity index (χ1n) is 17.8. The van der Waals surface area contributed by atoms with Crippen molar-refractivity contribution in [3.8, 4) is 33.4 Å². The maximum absolute atomic E-state index is 6.58. The van der Waals surface area contributed by atoms with Crippen LogP contribution < -0.4 is 4.90 Å². The van der Waals surface area contributed by atoms with E-state index in [4.69, 9.17) is 4.42 Å². The second-order valence-electron chi connectivity index (χ2n) is 13.3. The van der Waals surface area contributed by atoms with Crippen molar-refractivity contribution in [3.05, 3.63) is 200 Å². The summed E-state index contributed by atoms with van der Waals surface area (Å²) in [5.74, 6) is 0. The van der Waals surface area contributed by atoms with E-state index in [1.165, 1.54) is 38.2 Å². The van der Waals surface area contributed by atoms with Crippen LogP contribution in [0.15, 0.2) is 205 Å². The molecule has 0 saturated carbocycles. The standard InChI is InChI=1S/C50H33NO/c1-2-14-37-32-39(27-26-34(37)12-1)38-16-9-17-41(33-38)51(40-30-28-36(29-31-40)43-21-10-15-35-13-3-4-18-42(35)43)48-24-7-5-19-44(48)46-22-11-23-47-45-20-6-8-25-49(45)52-50(46)47/h1-33H. The van der Waals surface area contributed by atoms with E-state index in [-0.39, 0.29) is 0 Å². The van der Waals surface area contributed by atoms with Gasteiger partial charge >= 0.3 is 0 Å². The number of hydrogen-bond acceptors (Lipinski definition) is 2. The average Bonchev–Trinajstić information content (AvgIpc) is 3.60. The molecule has 0 saturated heterocycles. The summed E-state index contributed by atoms with van der Waals surface area (Å²) in [5.41, 5.74) is 11.9. The SMILES string of the molecule is c1cc(-c2ccc3ccccc3c2)cc(N(c2ccc(-c3cccc4ccccc34)cc2)c2ccccc2-c2cccc3c2oc2ccccc23)c1. The molecule has 0 fully saturated rings. The summed E-state index contributed by atoms with van der Waals surface area (Å²) >= 11 is 0. The Balaban J connectivity index is 1.16. The van der Waals surface area contributed by atoms with Crippen molar-refractivity contribution in [3.63, 3.8) is 0 Å². The van der Waals surface area contributed by atoms with Crippen LogP contribution in [0.4, 0.5) is 17.1 Å². The van der Waals surface area contributed by atoms with Gasteiger partial charge in [0.2, 0.25) is 0 Å². The van der Waals surface area contributed by atoms with Gasteiger partial charge in [0.05, 0.1) is 5.69 Å². The topological polar surface area (TPSA) is 16.4 Å². The first-order chi connectivity index (χ1) is 25.8. The third-order valence-corrected chi connectivity index (χ3v) is 10.3. The van der Waals surface area contributed by atoms with Gasteiger partial charge in [-0.05, 0) is 86.3 Å². The van der Waals surface area contributed by atoms with Crippen LogP contribution in [-0.4, -0.2) is 0 Å². The number of benzene rings is 9. The molecule has 1 aromatic heterocycles. The summed E-state index contributed by atoms with van der Waals surface area (Å²) in [4.78, 5) is 2.38. The molecule has 1 heterocycles. The lowest BCUT2D eigenvalue weighted by molar-refractivity contribution is 0.670. The van der Waals surface area contributed by atoms with Gasteiger partial charge in [-0.15, -0.1) is 0 Å². The predicted octanol–water partition coefficient (Wildman–Crippen LogP) is 14.4. The van der Waals surface area contributed by atoms with E-state index in [0.29, 0.717) is 0 Å². The minimum Gasteiger partial charge on any atom is -0.455 e. The highest BCUT2D eigenvalue weighted by atomic mass is 16.3. The van der Waals surface area contributed by atoms with E-state index < -0.39 is 0 Å². The lowest BCUT2D eigenvalue weighted by atomic mass is 9.97. The molecule has 0 spiro atoms. The Morgan fingerprint density at radius 1 is 0.327 bits per heavy atom. The van der Waals surface area contributed by atoms with Crippen molar-refractivity contribution in [2.24, 2.45) is 0 Å². The van der Waals surface area contributed by atoms with Crippen molar-refractivity contribution < 1.29 is 4.42 Å². The molecule has 0 aliphatic heterocycles. The second kappa shape index (κ2) is 12.5. The van der Waals surface area contributed by atoms with Crippen molar-refractivity contribution in [2.75, 3.05) is 4.90 Å². The number of para-hydroxylation sites is 3. The molecule has 52 heavy (non-hydrogen) atoms. The number of furan rings is 1. The zero-order chi connectivity index (χ0) is 34.4. The molecule has 10 rings (SSSR count). The molecule has 2 heteroatoms. The molecule has 0 aliphatic rings. The first kappa shape index (κ1) is 30.0. The molecule has 244 valence electrons. The minimum absolute atomic E-state index is 0.895. The molecule has 0 bridgehead atoms. The predicted molar refractivity (Wildman–Crippen MR) is 220 cm³/mol. The molecular weight excluding hydrogens is 631 g/mol. The van der Waals surface area contributed by atoms with Gasteiger partial charge in [0.15, 0.2) is 0 Å². The fourth-order valence-corrected chi connectivity index (χ4v) is 7.74. The highest BCUT2D eigenvalue weighted by Crippen LogP contribution is 2.45. The van der Waals surface area contributed by atoms with Crippen LogP contribution in [0, 0.1) is 0 Å². The molecule has 0 N–H and O–H groups in total. The molecule has 0 atom stereocenters. The largest absolute Gasteiger partial charge is 0.455 e. The zero-order valence-electron chi connectivity index (χ0n) is 28.4. The van der Waals surface area contributed by atoms with Gasteiger partial charge in [0.25, 0.3) is 0 Å². The number of fused-ring (bicyclic) bond motifs is 5. The summed E-state index contributed by atoms with van der Waals surface area (Å²) < 4.78 is 6.58. The summed E-state index contributed by atoms with van der Waals surface area (Å²) in [5, 5.41) is 7.21. The van der Waals surface area contributed by atoms with E-state index >= 15 is 0 Å². The van der Waals surface area contributed by atoms with Gasteiger partial charge in [-0.25, -0.2) is 0 Å². The molecule has 0 radical (unpaired) electrons. The van der Waals surface area contributed by atoms with Crippen LogP contribution >= 0.6 is 0 Å². The van der Waals surface area contributed by atoms with E-state index in [1.807, 2.05) is 12.1 Å². The Morgan fingerprint density at radius 2 is 0.942 bits per heavy atom. The van der Waals surface area contributed by atoms with Gasteiger partial charge in [0, 0.05) is 33.3 Å². The van der Waals surface area contributed by atoms with Crippen LogP contribution in [0.25, 0.3) is 76.9 Å². The Kier molecular flexibility index (Phi) is 7.18. The minimum atomic E-state index is 0.895. The van der Waals surface area contributed by atoms with Crippen molar-refractivity contribution >= 4 is 60.5 Å². The van der Waals surface area contributed by atoms with Crippen molar-refractivity contribution in [1.82, 2.24) is 0 Å². The highest BCUT2D eigenvalue weighted by Gasteiger charge is 2.21. The molecule has 2 nitrogen and oxygen atoms in total. The smallest absolute Gasteiger partial charge is 0.143 e. The molecule has 10 aromatic rings. The van der Waals surface area contributed by atoms with E-state index in [2.05, 4.69) is 193 Å². The number of anilines is 3. The third-order valence-electron chi connectivity index (χ3n) is 10.3. The Labute approximate surface area is 302 Å². The average molecular weight is 664 g/mol. The number of hydrogen-bond donors (Lipinski definition) is 0. The summed E-state index contributed by atoms with van der Waals surface area (Å²) in [6, 6.07) is 71.7. The zero-order valence-corrected chi connectivity index (χ0v) is 28.4. The van der Waals surface area contributed by atoms with Gasteiger partial charge in [0.1, 0.15) is 11.2 Å². The molecule has 9 aromatic carbocycles. The molecular formula is C50H33NO. The van der Waals surface area contributed by atoms with Gasteiger partial charge in [-0.1, -0.05) is 158 Å². The third kappa shape index (κ3) is 5.12. The van der Waals surface area contributed by atoms with Crippen LogP contribution in [0.1, 0.15) is 0 Å². The summed E-state index contributed by atoms with van der Waals surface area (Å²) in [6.07, 6.45) is 0. The van der Waals surface area contributed by atoms with Crippen LogP contribution in [-0.2, 0) is 0 Å². The summed E-state index contributed by atoms with van der Waals surface area (Å²) in [7, 11) is 0. The van der Waals surface area contributed by atoms with Gasteiger partial charge in [-0.2, -0.15) is 0 Å². The van der Waals surface area contributed by atoms with Crippen LogP contribution in [0.3, 0.4) is 0 Å². The maximum atomic E-state index is 6.58. The number of nitrogens with zero attached hydrogens (tertiary/aromatic N) is 1. The second-order valence-corrected chi connectivity index (χ2v) is 13.3. The first-order valence-corrected chi connectivity index (χ1v) is 17.8. The fourth-order valence-electron chi connectivity index (χ4n) is 7.74. The van der Waals surface area contributed by atoms with Gasteiger partial charge < -0.3 is 9.32 Å². The number of rotatable bonds is 6. The van der Waals surface area contributed by atoms with E-state index in [0.717, 1.165) is 55.7 Å². The van der Waals surface area contributed by atoms with Crippen molar-refractivity contribution in [2.45, 2.75) is 0 Å². The molecule has 0 amide bonds. The quantitative estimate of drug-likeness (QED) is 0.176. The maximum Gasteiger partial charge on any atom is 0.143 e. The molecule has 0 unspecified atom stereocenters. The van der Waals surface area contributed by atoms with Gasteiger partial charge in [-0.3, -0.25) is 0 Å². The Bertz CT molecular complexity index is 2910. The van der Waals surface area contributed by atoms with Crippen molar-refractivity contribution in [1.29, 1.82) is 0 Å². The highest BCUT2D eigenvalue weighted by molar-refractivity contribution is 6.11. The van der Waals surface area contributed by atoms with E-state index in [9.17, 15) is 0 Å². The van der Waals surface area contributed by atoms with Crippen LogP contribution in [0.2, 0.25) is 0 Å². The van der Waals surface area contributed by atoms with Crippen LogP contribution in [0.5, 0.6) is 0 Å². The monoisotopic (exact) mass is 663 g/mol. The lowest BCUT2D eigenvalue weighted by Crippen LogP contribution is -2.11. The molecule has 0 aliphatic carbocycles. The fraction of sp³-hybridized carbons (Fsp3) is 0. The Hall–Kier alpha value is -6.90. The van der Waals surface area contributed by atoms with E-state index in [1.54, 1.807) is 0 Å². The normalized spacial score (nSPS) is 11.5. The summed E-state index contributed by atoms with van der Waals surface area (Å²) in [6.45, 7) is 0. The lowest BCUT2D eigenvalue weighted by Gasteiger charge is -2.28.